The summed E-state index contributed by atoms with van der Waals surface area (Å²) in [5.41, 5.74) is 0.790. The van der Waals surface area contributed by atoms with Gasteiger partial charge >= 0.3 is 6.03 Å². The van der Waals surface area contributed by atoms with Gasteiger partial charge in [-0.3, -0.25) is 4.79 Å². The average molecular weight is 564 g/mol. The van der Waals surface area contributed by atoms with Crippen molar-refractivity contribution in [2.45, 2.75) is 36.0 Å². The molecule has 0 aromatic heterocycles. The van der Waals surface area contributed by atoms with Crippen LogP contribution >= 0.6 is 0 Å². The zero-order valence-electron chi connectivity index (χ0n) is 21.2. The number of hydrogen-bond donors (Lipinski definition) is 2. The molecule has 3 amide bonds. The molecule has 2 aromatic rings. The van der Waals surface area contributed by atoms with Crippen LogP contribution in [-0.4, -0.2) is 77.1 Å². The van der Waals surface area contributed by atoms with Gasteiger partial charge in [0.05, 0.1) is 23.4 Å². The van der Waals surface area contributed by atoms with Crippen LogP contribution in [0.25, 0.3) is 0 Å². The van der Waals surface area contributed by atoms with Gasteiger partial charge in [0.2, 0.25) is 5.91 Å². The minimum Gasteiger partial charge on any atom is -0.378 e. The third-order valence-corrected chi connectivity index (χ3v) is 9.45. The first-order valence-electron chi connectivity index (χ1n) is 12.3. The second kappa shape index (κ2) is 13.5. The summed E-state index contributed by atoms with van der Waals surface area (Å²) in [4.78, 5) is 27.4. The molecule has 12 heteroatoms. The molecule has 1 saturated heterocycles. The lowest BCUT2D eigenvalue weighted by molar-refractivity contribution is -0.122. The molecule has 1 aliphatic rings. The molecule has 1 fully saturated rings. The fourth-order valence-corrected chi connectivity index (χ4v) is 6.43. The normalized spacial score (nSPS) is 16.1. The van der Waals surface area contributed by atoms with Crippen LogP contribution in [0.15, 0.2) is 77.0 Å². The Bertz CT molecular complexity index is 1310. The maximum absolute atomic E-state index is 13.1. The molecule has 0 bridgehead atoms. The lowest BCUT2D eigenvalue weighted by Crippen LogP contribution is -2.54. The molecule has 0 radical (unpaired) electrons. The molecular weight excluding hydrogens is 530 g/mol. The molecule has 0 unspecified atom stereocenters. The first kappa shape index (κ1) is 29.3. The summed E-state index contributed by atoms with van der Waals surface area (Å²) in [5.74, 6) is -1.37. The summed E-state index contributed by atoms with van der Waals surface area (Å²) in [6, 6.07) is 15.3. The SMILES string of the molecule is CC[C@@H](C=CS(=O)(=O)c1ccccc1)S(=O)(=O)CNC(=O)[C@H](Cc1ccccc1)NC(=O)N1CCOCC1. The molecule has 0 spiro atoms. The summed E-state index contributed by atoms with van der Waals surface area (Å²) in [6.45, 7) is 3.18. The first-order valence-corrected chi connectivity index (χ1v) is 15.5. The van der Waals surface area contributed by atoms with Crippen molar-refractivity contribution in [3.63, 3.8) is 0 Å². The number of carbonyl (C=O) groups excluding carboxylic acids is 2. The Balaban J connectivity index is 1.69. The first-order chi connectivity index (χ1) is 18.1. The lowest BCUT2D eigenvalue weighted by atomic mass is 10.1. The molecule has 0 saturated carbocycles. The number of hydrogen-bond acceptors (Lipinski definition) is 7. The molecule has 3 rings (SSSR count). The number of nitrogens with zero attached hydrogens (tertiary/aromatic N) is 1. The largest absolute Gasteiger partial charge is 0.378 e. The lowest BCUT2D eigenvalue weighted by Gasteiger charge is -2.29. The van der Waals surface area contributed by atoms with Gasteiger partial charge in [0.25, 0.3) is 0 Å². The van der Waals surface area contributed by atoms with Crippen LogP contribution in [0, 0.1) is 0 Å². The number of ether oxygens (including phenoxy) is 1. The van der Waals surface area contributed by atoms with E-state index < -0.39 is 48.8 Å². The highest BCUT2D eigenvalue weighted by Gasteiger charge is 2.28. The number of morpholine rings is 1. The van der Waals surface area contributed by atoms with Gasteiger partial charge in [0.1, 0.15) is 11.9 Å². The number of sulfone groups is 2. The van der Waals surface area contributed by atoms with Crippen LogP contribution in [0.1, 0.15) is 18.9 Å². The predicted molar refractivity (Wildman–Crippen MR) is 144 cm³/mol. The van der Waals surface area contributed by atoms with Gasteiger partial charge in [-0.15, -0.1) is 0 Å². The van der Waals surface area contributed by atoms with Crippen LogP contribution in [0.5, 0.6) is 0 Å². The summed E-state index contributed by atoms with van der Waals surface area (Å²) in [5, 5.41) is 4.89. The molecule has 206 valence electrons. The molecule has 38 heavy (non-hydrogen) atoms. The quantitative estimate of drug-likeness (QED) is 0.426. The Labute approximate surface area is 223 Å². The van der Waals surface area contributed by atoms with E-state index in [1.807, 2.05) is 18.2 Å². The van der Waals surface area contributed by atoms with E-state index in [0.717, 1.165) is 17.0 Å². The fraction of sp³-hybridized carbons (Fsp3) is 0.385. The highest BCUT2D eigenvalue weighted by Crippen LogP contribution is 2.15. The Hall–Kier alpha value is -3.22. The fourth-order valence-electron chi connectivity index (χ4n) is 3.86. The van der Waals surface area contributed by atoms with E-state index in [1.54, 1.807) is 37.3 Å². The van der Waals surface area contributed by atoms with Gasteiger partial charge in [-0.25, -0.2) is 21.6 Å². The van der Waals surface area contributed by atoms with Crippen LogP contribution in [0.4, 0.5) is 4.79 Å². The smallest absolute Gasteiger partial charge is 0.318 e. The Morgan fingerprint density at radius 3 is 2.18 bits per heavy atom. The topological polar surface area (TPSA) is 139 Å². The van der Waals surface area contributed by atoms with Gasteiger partial charge in [0, 0.05) is 24.9 Å². The maximum Gasteiger partial charge on any atom is 0.318 e. The minimum absolute atomic E-state index is 0.0524. The van der Waals surface area contributed by atoms with Crippen molar-refractivity contribution in [2.75, 3.05) is 32.2 Å². The van der Waals surface area contributed by atoms with E-state index in [1.165, 1.54) is 17.0 Å². The Morgan fingerprint density at radius 2 is 1.58 bits per heavy atom. The molecule has 1 heterocycles. The highest BCUT2D eigenvalue weighted by atomic mass is 32.2. The van der Waals surface area contributed by atoms with E-state index >= 15 is 0 Å². The van der Waals surface area contributed by atoms with Crippen molar-refractivity contribution in [1.82, 2.24) is 15.5 Å². The number of carbonyl (C=O) groups is 2. The van der Waals surface area contributed by atoms with Gasteiger partial charge in [-0.05, 0) is 24.1 Å². The second-order valence-corrected chi connectivity index (χ2v) is 12.8. The number of urea groups is 1. The van der Waals surface area contributed by atoms with E-state index in [0.29, 0.717) is 26.3 Å². The van der Waals surface area contributed by atoms with Crippen molar-refractivity contribution in [3.05, 3.63) is 77.7 Å². The zero-order valence-corrected chi connectivity index (χ0v) is 22.8. The van der Waals surface area contributed by atoms with Crippen LogP contribution in [-0.2, 0) is 35.6 Å². The van der Waals surface area contributed by atoms with Crippen LogP contribution in [0.2, 0.25) is 0 Å². The monoisotopic (exact) mass is 563 g/mol. The van der Waals surface area contributed by atoms with E-state index in [-0.39, 0.29) is 17.7 Å². The molecule has 2 N–H and O–H groups in total. The van der Waals surface area contributed by atoms with E-state index in [4.69, 9.17) is 4.74 Å². The summed E-state index contributed by atoms with van der Waals surface area (Å²) >= 11 is 0. The number of nitrogens with one attached hydrogen (secondary N) is 2. The van der Waals surface area contributed by atoms with Crippen LogP contribution in [0.3, 0.4) is 0 Å². The van der Waals surface area contributed by atoms with Gasteiger partial charge in [0.15, 0.2) is 19.7 Å². The standard InChI is InChI=1S/C26H33N3O7S2/c1-2-22(13-18-37(32,33)23-11-7-4-8-12-23)38(34,35)20-27-25(30)24(19-21-9-5-3-6-10-21)28-26(31)29-14-16-36-17-15-29/h3-13,18,22,24H,2,14-17,19-20H2,1H3,(H,27,30)(H,28,31)/t22-,24-/m0/s1. The number of rotatable bonds is 11. The molecule has 1 aliphatic heterocycles. The van der Waals surface area contributed by atoms with E-state index in [2.05, 4.69) is 10.6 Å². The van der Waals surface area contributed by atoms with Crippen molar-refractivity contribution < 1.29 is 31.2 Å². The van der Waals surface area contributed by atoms with Gasteiger partial charge in [-0.2, -0.15) is 0 Å². The number of benzene rings is 2. The summed E-state index contributed by atoms with van der Waals surface area (Å²) in [7, 11) is -7.77. The Kier molecular flexibility index (Phi) is 10.5. The van der Waals surface area contributed by atoms with Crippen molar-refractivity contribution in [3.8, 4) is 0 Å². The van der Waals surface area contributed by atoms with Crippen molar-refractivity contribution >= 4 is 31.6 Å². The number of amides is 3. The zero-order chi connectivity index (χ0) is 27.6. The predicted octanol–water partition coefficient (Wildman–Crippen LogP) is 1.89. The maximum atomic E-state index is 13.1. The molecule has 2 aromatic carbocycles. The average Bonchev–Trinajstić information content (AvgIpc) is 2.93. The summed E-state index contributed by atoms with van der Waals surface area (Å²) in [6.07, 6.45) is 1.40. The minimum atomic E-state index is -3.95. The Morgan fingerprint density at radius 1 is 0.974 bits per heavy atom. The molecule has 10 nitrogen and oxygen atoms in total. The second-order valence-electron chi connectivity index (χ2n) is 8.77. The third kappa shape index (κ3) is 8.40. The van der Waals surface area contributed by atoms with Crippen LogP contribution < -0.4 is 10.6 Å². The van der Waals surface area contributed by atoms with Gasteiger partial charge < -0.3 is 20.3 Å². The molecule has 0 aliphatic carbocycles. The van der Waals surface area contributed by atoms with E-state index in [9.17, 15) is 26.4 Å². The van der Waals surface area contributed by atoms with Gasteiger partial charge in [-0.1, -0.05) is 61.5 Å². The molecule has 2 atom stereocenters. The van der Waals surface area contributed by atoms with Crippen molar-refractivity contribution in [1.29, 1.82) is 0 Å². The van der Waals surface area contributed by atoms with Crippen molar-refractivity contribution in [2.24, 2.45) is 0 Å². The highest BCUT2D eigenvalue weighted by molar-refractivity contribution is 7.94. The third-order valence-electron chi connectivity index (χ3n) is 6.05. The molecular formula is C26H33N3O7S2. The summed E-state index contributed by atoms with van der Waals surface area (Å²) < 4.78 is 56.3.